The van der Waals surface area contributed by atoms with Crippen LogP contribution in [-0.4, -0.2) is 88.5 Å². The molecule has 19 heavy (non-hydrogen) atoms. The Balaban J connectivity index is 2.06. The van der Waals surface area contributed by atoms with Crippen LogP contribution in [0.25, 0.3) is 0 Å². The summed E-state index contributed by atoms with van der Waals surface area (Å²) in [7, 11) is 4.04. The van der Waals surface area contributed by atoms with E-state index in [9.17, 15) is 4.79 Å². The number of nitrogens with one attached hydrogen (secondary N) is 1. The summed E-state index contributed by atoms with van der Waals surface area (Å²) >= 11 is 0. The first kappa shape index (κ1) is 16.4. The highest BCUT2D eigenvalue weighted by Gasteiger charge is 2.21. The smallest absolute Gasteiger partial charge is 0.239 e. The number of morpholine rings is 1. The number of ether oxygens (including phenoxy) is 2. The van der Waals surface area contributed by atoms with Gasteiger partial charge in [0.2, 0.25) is 5.91 Å². The van der Waals surface area contributed by atoms with Crippen LogP contribution in [0.3, 0.4) is 0 Å². The van der Waals surface area contributed by atoms with Gasteiger partial charge in [0.15, 0.2) is 0 Å². The van der Waals surface area contributed by atoms with Crippen molar-refractivity contribution in [1.82, 2.24) is 15.1 Å². The van der Waals surface area contributed by atoms with E-state index in [2.05, 4.69) is 10.2 Å². The Morgan fingerprint density at radius 3 is 2.68 bits per heavy atom. The Labute approximate surface area is 116 Å². The summed E-state index contributed by atoms with van der Waals surface area (Å²) in [6.45, 7) is 7.56. The van der Waals surface area contributed by atoms with Crippen LogP contribution >= 0.6 is 0 Å². The Morgan fingerprint density at radius 2 is 2.05 bits per heavy atom. The van der Waals surface area contributed by atoms with Gasteiger partial charge in [0, 0.05) is 26.2 Å². The predicted octanol–water partition coefficient (Wildman–Crippen LogP) is -0.598. The molecule has 0 spiro atoms. The van der Waals surface area contributed by atoms with Crippen LogP contribution in [0, 0.1) is 0 Å². The van der Waals surface area contributed by atoms with Gasteiger partial charge in [0.25, 0.3) is 0 Å². The fourth-order valence-electron chi connectivity index (χ4n) is 1.84. The number of nitrogens with zero attached hydrogens (tertiary/aromatic N) is 2. The molecule has 1 atom stereocenters. The van der Waals surface area contributed by atoms with Crippen molar-refractivity contribution in [2.75, 3.05) is 66.7 Å². The van der Waals surface area contributed by atoms with E-state index in [1.54, 1.807) is 0 Å². The van der Waals surface area contributed by atoms with Crippen LogP contribution < -0.4 is 5.32 Å². The zero-order chi connectivity index (χ0) is 14.1. The third kappa shape index (κ3) is 6.87. The highest BCUT2D eigenvalue weighted by molar-refractivity contribution is 5.81. The molecule has 0 aliphatic carbocycles. The highest BCUT2D eigenvalue weighted by Crippen LogP contribution is 2.00. The number of amides is 1. The first-order chi connectivity index (χ1) is 9.11. The van der Waals surface area contributed by atoms with Crippen LogP contribution in [-0.2, 0) is 14.3 Å². The van der Waals surface area contributed by atoms with E-state index in [-0.39, 0.29) is 11.9 Å². The second-order valence-electron chi connectivity index (χ2n) is 5.03. The second kappa shape index (κ2) is 9.25. The zero-order valence-corrected chi connectivity index (χ0v) is 12.4. The van der Waals surface area contributed by atoms with Crippen LogP contribution in [0.4, 0.5) is 0 Å². The molecule has 1 unspecified atom stereocenters. The molecule has 1 rings (SSSR count). The van der Waals surface area contributed by atoms with Gasteiger partial charge in [0.1, 0.15) is 0 Å². The summed E-state index contributed by atoms with van der Waals surface area (Å²) in [4.78, 5) is 16.0. The van der Waals surface area contributed by atoms with Gasteiger partial charge in [-0.15, -0.1) is 0 Å². The van der Waals surface area contributed by atoms with Gasteiger partial charge in [0.05, 0.1) is 32.5 Å². The lowest BCUT2D eigenvalue weighted by Crippen LogP contribution is -2.49. The first-order valence-corrected chi connectivity index (χ1v) is 6.93. The molecule has 0 aromatic rings. The summed E-state index contributed by atoms with van der Waals surface area (Å²) in [5.74, 6) is 0.150. The summed E-state index contributed by atoms with van der Waals surface area (Å²) in [6.07, 6.45) is 0. The van der Waals surface area contributed by atoms with Gasteiger partial charge in [-0.25, -0.2) is 0 Å². The largest absolute Gasteiger partial charge is 0.379 e. The minimum atomic E-state index is -0.157. The van der Waals surface area contributed by atoms with Crippen molar-refractivity contribution in [2.45, 2.75) is 13.0 Å². The quantitative estimate of drug-likeness (QED) is 0.599. The lowest BCUT2D eigenvalue weighted by atomic mass is 10.2. The van der Waals surface area contributed by atoms with E-state index in [0.717, 1.165) is 13.2 Å². The molecule has 0 aromatic heterocycles. The molecule has 0 aromatic carbocycles. The lowest BCUT2D eigenvalue weighted by molar-refractivity contribution is -0.137. The predicted molar refractivity (Wildman–Crippen MR) is 74.2 cm³/mol. The van der Waals surface area contributed by atoms with Crippen molar-refractivity contribution in [2.24, 2.45) is 0 Å². The number of likely N-dealkylation sites (N-methyl/N-ethyl adjacent to an activating group) is 1. The molecule has 6 heteroatoms. The van der Waals surface area contributed by atoms with Gasteiger partial charge in [-0.2, -0.15) is 0 Å². The average molecular weight is 273 g/mol. The third-order valence-electron chi connectivity index (χ3n) is 3.07. The molecule has 1 aliphatic rings. The summed E-state index contributed by atoms with van der Waals surface area (Å²) in [5, 5.41) is 3.20. The Morgan fingerprint density at radius 1 is 1.37 bits per heavy atom. The number of hydrogen-bond donors (Lipinski definition) is 1. The minimum Gasteiger partial charge on any atom is -0.379 e. The molecule has 1 amide bonds. The fraction of sp³-hybridized carbons (Fsp3) is 0.923. The molecule has 0 bridgehead atoms. The van der Waals surface area contributed by atoms with Crippen molar-refractivity contribution in [1.29, 1.82) is 0 Å². The number of rotatable bonds is 8. The summed E-state index contributed by atoms with van der Waals surface area (Å²) < 4.78 is 10.7. The molecule has 0 radical (unpaired) electrons. The van der Waals surface area contributed by atoms with Gasteiger partial charge in [-0.05, 0) is 21.0 Å². The van der Waals surface area contributed by atoms with E-state index in [4.69, 9.17) is 9.47 Å². The Bertz CT molecular complexity index is 256. The van der Waals surface area contributed by atoms with Gasteiger partial charge >= 0.3 is 0 Å². The molecule has 0 saturated carbocycles. The standard InChI is InChI=1S/C13H27N3O3/c1-12(13(17)16-6-10-19-11-7-16)14-4-8-18-9-5-15(2)3/h12,14H,4-11H2,1-3H3. The Hall–Kier alpha value is -0.690. The number of hydrogen-bond acceptors (Lipinski definition) is 5. The van der Waals surface area contributed by atoms with Crippen molar-refractivity contribution in [3.8, 4) is 0 Å². The second-order valence-corrected chi connectivity index (χ2v) is 5.03. The summed E-state index contributed by atoms with van der Waals surface area (Å²) in [5.41, 5.74) is 0. The van der Waals surface area contributed by atoms with E-state index in [1.165, 1.54) is 0 Å². The normalized spacial score (nSPS) is 17.8. The van der Waals surface area contributed by atoms with E-state index in [1.807, 2.05) is 25.9 Å². The van der Waals surface area contributed by atoms with Crippen LogP contribution in [0.5, 0.6) is 0 Å². The molecule has 1 N–H and O–H groups in total. The molecular weight excluding hydrogens is 246 g/mol. The van der Waals surface area contributed by atoms with E-state index in [0.29, 0.717) is 39.5 Å². The van der Waals surface area contributed by atoms with Crippen LogP contribution in [0.15, 0.2) is 0 Å². The topological polar surface area (TPSA) is 54.0 Å². The molecule has 6 nitrogen and oxygen atoms in total. The molecular formula is C13H27N3O3. The van der Waals surface area contributed by atoms with E-state index >= 15 is 0 Å². The summed E-state index contributed by atoms with van der Waals surface area (Å²) in [6, 6.07) is -0.157. The fourth-order valence-corrected chi connectivity index (χ4v) is 1.84. The van der Waals surface area contributed by atoms with Crippen molar-refractivity contribution in [3.63, 3.8) is 0 Å². The van der Waals surface area contributed by atoms with Gasteiger partial charge in [-0.3, -0.25) is 4.79 Å². The first-order valence-electron chi connectivity index (χ1n) is 6.93. The SMILES string of the molecule is CC(NCCOCCN(C)C)C(=O)N1CCOCC1. The van der Waals surface area contributed by atoms with Crippen LogP contribution in [0.1, 0.15) is 6.92 Å². The van der Waals surface area contributed by atoms with Crippen molar-refractivity contribution < 1.29 is 14.3 Å². The third-order valence-corrected chi connectivity index (χ3v) is 3.07. The molecule has 1 fully saturated rings. The maximum absolute atomic E-state index is 12.1. The minimum absolute atomic E-state index is 0.150. The zero-order valence-electron chi connectivity index (χ0n) is 12.4. The van der Waals surface area contributed by atoms with Gasteiger partial charge in [-0.1, -0.05) is 0 Å². The average Bonchev–Trinajstić information content (AvgIpc) is 2.42. The van der Waals surface area contributed by atoms with Crippen molar-refractivity contribution >= 4 is 5.91 Å². The van der Waals surface area contributed by atoms with Crippen LogP contribution in [0.2, 0.25) is 0 Å². The lowest BCUT2D eigenvalue weighted by Gasteiger charge is -2.29. The number of carbonyl (C=O) groups excluding carboxylic acids is 1. The molecule has 112 valence electrons. The monoisotopic (exact) mass is 273 g/mol. The molecule has 1 saturated heterocycles. The Kier molecular flexibility index (Phi) is 7.97. The highest BCUT2D eigenvalue weighted by atomic mass is 16.5. The maximum atomic E-state index is 12.1. The van der Waals surface area contributed by atoms with E-state index < -0.39 is 0 Å². The van der Waals surface area contributed by atoms with Gasteiger partial charge < -0.3 is 24.6 Å². The number of carbonyl (C=O) groups is 1. The van der Waals surface area contributed by atoms with Crippen molar-refractivity contribution in [3.05, 3.63) is 0 Å². The maximum Gasteiger partial charge on any atom is 0.239 e. The molecule has 1 aliphatic heterocycles. The molecule has 1 heterocycles.